The number of amides is 1. The molecule has 0 spiro atoms. The third-order valence-corrected chi connectivity index (χ3v) is 5.51. The molecule has 1 fully saturated rings. The zero-order valence-corrected chi connectivity index (χ0v) is 18.0. The second-order valence-electron chi connectivity index (χ2n) is 7.71. The van der Waals surface area contributed by atoms with Crippen LogP contribution in [0.2, 0.25) is 0 Å². The largest absolute Gasteiger partial charge is 0.497 e. The van der Waals surface area contributed by atoms with E-state index >= 15 is 0 Å². The van der Waals surface area contributed by atoms with Gasteiger partial charge in [-0.2, -0.15) is 0 Å². The lowest BCUT2D eigenvalue weighted by Gasteiger charge is -2.26. The van der Waals surface area contributed by atoms with Crippen LogP contribution in [0.3, 0.4) is 0 Å². The van der Waals surface area contributed by atoms with E-state index in [2.05, 4.69) is 13.8 Å². The van der Waals surface area contributed by atoms with Crippen molar-refractivity contribution in [3.05, 3.63) is 59.2 Å². The Bertz CT molecular complexity index is 891. The van der Waals surface area contributed by atoms with Gasteiger partial charge in [0.05, 0.1) is 25.8 Å². The zero-order chi connectivity index (χ0) is 21.7. The Morgan fingerprint density at radius 3 is 2.43 bits per heavy atom. The van der Waals surface area contributed by atoms with Gasteiger partial charge in [-0.15, -0.1) is 0 Å². The number of esters is 1. The molecule has 3 rings (SSSR count). The first-order valence-corrected chi connectivity index (χ1v) is 10.2. The average molecular weight is 411 g/mol. The molecule has 0 bridgehead atoms. The number of likely N-dealkylation sites (tertiary alicyclic amines) is 1. The Kier molecular flexibility index (Phi) is 6.98. The zero-order valence-electron chi connectivity index (χ0n) is 18.0. The number of methoxy groups -OCH3 is 2. The van der Waals surface area contributed by atoms with E-state index in [1.165, 1.54) is 0 Å². The molecule has 1 aliphatic rings. The van der Waals surface area contributed by atoms with Crippen molar-refractivity contribution in [3.63, 3.8) is 0 Å². The van der Waals surface area contributed by atoms with E-state index in [4.69, 9.17) is 14.2 Å². The summed E-state index contributed by atoms with van der Waals surface area (Å²) in [7, 11) is 3.22. The molecule has 1 aliphatic heterocycles. The molecule has 0 radical (unpaired) electrons. The molecule has 160 valence electrons. The van der Waals surface area contributed by atoms with Gasteiger partial charge in [-0.3, -0.25) is 4.79 Å². The van der Waals surface area contributed by atoms with Gasteiger partial charge in [0.2, 0.25) is 0 Å². The summed E-state index contributed by atoms with van der Waals surface area (Å²) in [6, 6.07) is 12.7. The molecule has 6 heteroatoms. The van der Waals surface area contributed by atoms with Crippen molar-refractivity contribution in [2.75, 3.05) is 27.4 Å². The molecule has 0 aromatic heterocycles. The van der Waals surface area contributed by atoms with E-state index in [0.717, 1.165) is 24.0 Å². The Labute approximate surface area is 177 Å². The molecule has 0 aliphatic carbocycles. The number of rotatable bonds is 7. The van der Waals surface area contributed by atoms with Crippen molar-refractivity contribution in [3.8, 4) is 11.5 Å². The van der Waals surface area contributed by atoms with E-state index in [1.807, 2.05) is 30.3 Å². The third-order valence-electron chi connectivity index (χ3n) is 5.51. The van der Waals surface area contributed by atoms with Crippen LogP contribution in [0.5, 0.6) is 11.5 Å². The number of carbonyl (C=O) groups is 2. The van der Waals surface area contributed by atoms with E-state index in [9.17, 15) is 9.59 Å². The fourth-order valence-corrected chi connectivity index (χ4v) is 3.79. The highest BCUT2D eigenvalue weighted by molar-refractivity contribution is 5.91. The lowest BCUT2D eigenvalue weighted by molar-refractivity contribution is -0.135. The van der Waals surface area contributed by atoms with E-state index in [1.54, 1.807) is 31.3 Å². The molecule has 0 saturated carbocycles. The van der Waals surface area contributed by atoms with Crippen molar-refractivity contribution in [1.29, 1.82) is 0 Å². The monoisotopic (exact) mass is 411 g/mol. The summed E-state index contributed by atoms with van der Waals surface area (Å²) >= 11 is 0. The van der Waals surface area contributed by atoms with Gasteiger partial charge >= 0.3 is 5.97 Å². The minimum Gasteiger partial charge on any atom is -0.497 e. The Balaban J connectivity index is 1.67. The number of hydrogen-bond donors (Lipinski definition) is 0. The molecule has 6 nitrogen and oxygen atoms in total. The highest BCUT2D eigenvalue weighted by Gasteiger charge is 2.32. The molecule has 1 amide bonds. The predicted octanol–water partition coefficient (Wildman–Crippen LogP) is 4.35. The quantitative estimate of drug-likeness (QED) is 0.634. The molecule has 0 unspecified atom stereocenters. The molecular formula is C24H29NO5. The summed E-state index contributed by atoms with van der Waals surface area (Å²) in [6.07, 6.45) is 1.70. The highest BCUT2D eigenvalue weighted by Crippen LogP contribution is 2.38. The average Bonchev–Trinajstić information content (AvgIpc) is 3.26. The van der Waals surface area contributed by atoms with Gasteiger partial charge in [0.1, 0.15) is 11.5 Å². The maximum Gasteiger partial charge on any atom is 0.338 e. The summed E-state index contributed by atoms with van der Waals surface area (Å²) in [6.45, 7) is 4.52. The molecule has 30 heavy (non-hydrogen) atoms. The first-order chi connectivity index (χ1) is 14.4. The Morgan fingerprint density at radius 1 is 1.07 bits per heavy atom. The number of hydrogen-bond acceptors (Lipinski definition) is 5. The predicted molar refractivity (Wildman–Crippen MR) is 114 cm³/mol. The third kappa shape index (κ3) is 4.75. The summed E-state index contributed by atoms with van der Waals surface area (Å²) in [5.41, 5.74) is 2.49. The fraction of sp³-hybridized carbons (Fsp3) is 0.417. The smallest absolute Gasteiger partial charge is 0.338 e. The van der Waals surface area contributed by atoms with Crippen LogP contribution in [-0.2, 0) is 9.53 Å². The minimum absolute atomic E-state index is 0.133. The van der Waals surface area contributed by atoms with Crippen LogP contribution in [-0.4, -0.2) is 44.1 Å². The topological polar surface area (TPSA) is 65.1 Å². The Morgan fingerprint density at radius 2 is 1.80 bits per heavy atom. The molecule has 2 aromatic carbocycles. The maximum atomic E-state index is 12.8. The molecule has 1 saturated heterocycles. The lowest BCUT2D eigenvalue weighted by atomic mass is 10.0. The summed E-state index contributed by atoms with van der Waals surface area (Å²) in [5.74, 6) is 1.10. The second kappa shape index (κ2) is 9.65. The first kappa shape index (κ1) is 21.7. The van der Waals surface area contributed by atoms with Gasteiger partial charge in [0.25, 0.3) is 5.91 Å². The van der Waals surface area contributed by atoms with Crippen LogP contribution < -0.4 is 9.47 Å². The first-order valence-electron chi connectivity index (χ1n) is 10.2. The van der Waals surface area contributed by atoms with Gasteiger partial charge in [-0.25, -0.2) is 4.79 Å². The summed E-state index contributed by atoms with van der Waals surface area (Å²) < 4.78 is 16.1. The van der Waals surface area contributed by atoms with Crippen molar-refractivity contribution in [1.82, 2.24) is 4.90 Å². The molecule has 1 heterocycles. The van der Waals surface area contributed by atoms with Crippen LogP contribution >= 0.6 is 0 Å². The second-order valence-corrected chi connectivity index (χ2v) is 7.71. The molecular weight excluding hydrogens is 382 g/mol. The molecule has 1 atom stereocenters. The molecule has 0 N–H and O–H groups in total. The van der Waals surface area contributed by atoms with E-state index in [0.29, 0.717) is 29.5 Å². The van der Waals surface area contributed by atoms with Gasteiger partial charge in [0, 0.05) is 12.1 Å². The fourth-order valence-electron chi connectivity index (χ4n) is 3.79. The van der Waals surface area contributed by atoms with Crippen LogP contribution in [0.1, 0.15) is 60.1 Å². The number of carbonyl (C=O) groups excluding carboxylic acids is 2. The van der Waals surface area contributed by atoms with Crippen LogP contribution in [0.4, 0.5) is 0 Å². The van der Waals surface area contributed by atoms with Gasteiger partial charge < -0.3 is 19.1 Å². The van der Waals surface area contributed by atoms with Gasteiger partial charge in [-0.05, 0) is 54.7 Å². The molecule has 2 aromatic rings. The van der Waals surface area contributed by atoms with Crippen LogP contribution in [0.15, 0.2) is 42.5 Å². The normalized spacial score (nSPS) is 15.9. The van der Waals surface area contributed by atoms with Crippen molar-refractivity contribution < 1.29 is 23.8 Å². The van der Waals surface area contributed by atoms with E-state index in [-0.39, 0.29) is 18.6 Å². The number of ether oxygens (including phenoxy) is 3. The highest BCUT2D eigenvalue weighted by atomic mass is 16.5. The number of nitrogens with zero attached hydrogens (tertiary/aromatic N) is 1. The van der Waals surface area contributed by atoms with Crippen molar-refractivity contribution >= 4 is 11.9 Å². The van der Waals surface area contributed by atoms with Crippen LogP contribution in [0.25, 0.3) is 0 Å². The lowest BCUT2D eigenvalue weighted by Crippen LogP contribution is -2.34. The van der Waals surface area contributed by atoms with Gasteiger partial charge in [-0.1, -0.05) is 26.0 Å². The van der Waals surface area contributed by atoms with Crippen molar-refractivity contribution in [2.45, 2.75) is 38.6 Å². The standard InChI is InChI=1S/C24H29NO5/c1-16(2)17-7-9-18(10-8-17)24(27)30-15-23(26)25-13-5-6-21(25)20-14-19(28-3)11-12-22(20)29-4/h7-12,14,16,21H,5-6,13,15H2,1-4H3/t21-/m0/s1. The summed E-state index contributed by atoms with van der Waals surface area (Å²) in [5, 5.41) is 0. The Hall–Kier alpha value is -3.02. The van der Waals surface area contributed by atoms with Gasteiger partial charge in [0.15, 0.2) is 6.61 Å². The maximum absolute atomic E-state index is 12.8. The van der Waals surface area contributed by atoms with Crippen molar-refractivity contribution in [2.24, 2.45) is 0 Å². The van der Waals surface area contributed by atoms with E-state index < -0.39 is 5.97 Å². The summed E-state index contributed by atoms with van der Waals surface area (Å²) in [4.78, 5) is 26.9. The number of benzene rings is 2. The minimum atomic E-state index is -0.492. The van der Waals surface area contributed by atoms with Crippen LogP contribution in [0, 0.1) is 0 Å². The SMILES string of the molecule is COc1ccc(OC)c([C@@H]2CCCN2C(=O)COC(=O)c2ccc(C(C)C)cc2)c1.